The number of ether oxygens (including phenoxy) is 1. The molecule has 2 amide bonds. The van der Waals surface area contributed by atoms with Gasteiger partial charge in [0.05, 0.1) is 19.8 Å². The van der Waals surface area contributed by atoms with Crippen LogP contribution in [0.4, 0.5) is 9.18 Å². The SMILES string of the molecule is CC(CN1CCOCC1)NC(=O)N(Cc1ccccc1F)C1CC1. The molecule has 0 radical (unpaired) electrons. The Morgan fingerprint density at radius 3 is 2.75 bits per heavy atom. The van der Waals surface area contributed by atoms with E-state index >= 15 is 0 Å². The summed E-state index contributed by atoms with van der Waals surface area (Å²) in [5.41, 5.74) is 0.570. The van der Waals surface area contributed by atoms with Gasteiger partial charge in [0.15, 0.2) is 0 Å². The zero-order valence-electron chi connectivity index (χ0n) is 14.2. The Balaban J connectivity index is 1.55. The molecule has 0 bridgehead atoms. The van der Waals surface area contributed by atoms with Gasteiger partial charge in [0.25, 0.3) is 0 Å². The first kappa shape index (κ1) is 17.2. The maximum absolute atomic E-state index is 13.9. The molecule has 1 aliphatic heterocycles. The number of rotatable bonds is 6. The van der Waals surface area contributed by atoms with E-state index in [0.29, 0.717) is 12.1 Å². The van der Waals surface area contributed by atoms with Gasteiger partial charge in [0.1, 0.15) is 5.82 Å². The fourth-order valence-electron chi connectivity index (χ4n) is 3.07. The Morgan fingerprint density at radius 2 is 2.08 bits per heavy atom. The molecule has 24 heavy (non-hydrogen) atoms. The van der Waals surface area contributed by atoms with Gasteiger partial charge in [0, 0.05) is 37.3 Å². The zero-order valence-corrected chi connectivity index (χ0v) is 14.2. The number of nitrogens with one attached hydrogen (secondary N) is 1. The van der Waals surface area contributed by atoms with Crippen molar-refractivity contribution in [3.63, 3.8) is 0 Å². The summed E-state index contributed by atoms with van der Waals surface area (Å²) in [5, 5.41) is 3.07. The molecule has 1 aromatic rings. The Bertz CT molecular complexity index is 559. The minimum atomic E-state index is -0.252. The van der Waals surface area contributed by atoms with E-state index in [1.165, 1.54) is 6.07 Å². The van der Waals surface area contributed by atoms with E-state index in [-0.39, 0.29) is 23.9 Å². The van der Waals surface area contributed by atoms with Crippen molar-refractivity contribution in [1.29, 1.82) is 0 Å². The number of nitrogens with zero attached hydrogens (tertiary/aromatic N) is 2. The molecule has 1 unspecified atom stereocenters. The molecular formula is C18H26FN3O2. The number of hydrogen-bond donors (Lipinski definition) is 1. The molecule has 0 aromatic heterocycles. The molecule has 1 saturated carbocycles. The quantitative estimate of drug-likeness (QED) is 0.867. The largest absolute Gasteiger partial charge is 0.379 e. The standard InChI is InChI=1S/C18H26FN3O2/c1-14(12-21-8-10-24-11-9-21)20-18(23)22(16-6-7-16)13-15-4-2-3-5-17(15)19/h2-5,14,16H,6-13H2,1H3,(H,20,23). The Hall–Kier alpha value is -1.66. The van der Waals surface area contributed by atoms with Crippen LogP contribution in [0.5, 0.6) is 0 Å². The van der Waals surface area contributed by atoms with Crippen LogP contribution in [0, 0.1) is 5.82 Å². The molecule has 5 nitrogen and oxygen atoms in total. The fraction of sp³-hybridized carbons (Fsp3) is 0.611. The van der Waals surface area contributed by atoms with Gasteiger partial charge in [0.2, 0.25) is 0 Å². The van der Waals surface area contributed by atoms with Crippen molar-refractivity contribution < 1.29 is 13.9 Å². The van der Waals surface area contributed by atoms with Crippen LogP contribution in [-0.2, 0) is 11.3 Å². The third-order valence-electron chi connectivity index (χ3n) is 4.55. The number of hydrogen-bond acceptors (Lipinski definition) is 3. The van der Waals surface area contributed by atoms with E-state index in [9.17, 15) is 9.18 Å². The number of carbonyl (C=O) groups excluding carboxylic acids is 1. The number of carbonyl (C=O) groups is 1. The van der Waals surface area contributed by atoms with Gasteiger partial charge < -0.3 is 15.0 Å². The lowest BCUT2D eigenvalue weighted by Gasteiger charge is -2.31. The number of halogens is 1. The van der Waals surface area contributed by atoms with Crippen molar-refractivity contribution in [2.45, 2.75) is 38.4 Å². The number of urea groups is 1. The molecular weight excluding hydrogens is 309 g/mol. The second-order valence-corrected chi connectivity index (χ2v) is 6.71. The molecule has 1 atom stereocenters. The predicted octanol–water partition coefficient (Wildman–Crippen LogP) is 2.22. The van der Waals surface area contributed by atoms with Crippen molar-refractivity contribution in [3.8, 4) is 0 Å². The molecule has 6 heteroatoms. The monoisotopic (exact) mass is 335 g/mol. The number of benzene rings is 1. The van der Waals surface area contributed by atoms with Crippen LogP contribution >= 0.6 is 0 Å². The van der Waals surface area contributed by atoms with Crippen molar-refractivity contribution in [2.75, 3.05) is 32.8 Å². The van der Waals surface area contributed by atoms with Crippen LogP contribution in [-0.4, -0.2) is 60.8 Å². The molecule has 1 aromatic carbocycles. The maximum atomic E-state index is 13.9. The summed E-state index contributed by atoms with van der Waals surface area (Å²) >= 11 is 0. The van der Waals surface area contributed by atoms with E-state index in [1.807, 2.05) is 13.0 Å². The Kier molecular flexibility index (Phi) is 5.68. The second kappa shape index (κ2) is 7.94. The van der Waals surface area contributed by atoms with Crippen molar-refractivity contribution >= 4 is 6.03 Å². The lowest BCUT2D eigenvalue weighted by molar-refractivity contribution is 0.0346. The van der Waals surface area contributed by atoms with E-state index in [0.717, 1.165) is 45.7 Å². The molecule has 1 aliphatic carbocycles. The maximum Gasteiger partial charge on any atom is 0.318 e. The smallest absolute Gasteiger partial charge is 0.318 e. The second-order valence-electron chi connectivity index (χ2n) is 6.71. The summed E-state index contributed by atoms with van der Waals surface area (Å²) in [6.07, 6.45) is 2.00. The lowest BCUT2D eigenvalue weighted by Crippen LogP contribution is -2.50. The molecule has 2 fully saturated rings. The average molecular weight is 335 g/mol. The average Bonchev–Trinajstić information content (AvgIpc) is 3.39. The first-order valence-corrected chi connectivity index (χ1v) is 8.74. The van der Waals surface area contributed by atoms with Crippen LogP contribution in [0.1, 0.15) is 25.3 Å². The van der Waals surface area contributed by atoms with Gasteiger partial charge in [-0.2, -0.15) is 0 Å². The van der Waals surface area contributed by atoms with E-state index in [1.54, 1.807) is 17.0 Å². The van der Waals surface area contributed by atoms with Crippen LogP contribution < -0.4 is 5.32 Å². The molecule has 3 rings (SSSR count). The van der Waals surface area contributed by atoms with Gasteiger partial charge in [-0.05, 0) is 25.8 Å². The fourth-order valence-corrected chi connectivity index (χ4v) is 3.07. The van der Waals surface area contributed by atoms with Crippen LogP contribution in [0.2, 0.25) is 0 Å². The van der Waals surface area contributed by atoms with Gasteiger partial charge in [-0.3, -0.25) is 4.90 Å². The highest BCUT2D eigenvalue weighted by molar-refractivity contribution is 5.75. The van der Waals surface area contributed by atoms with Crippen LogP contribution in [0.3, 0.4) is 0 Å². The predicted molar refractivity (Wildman–Crippen MR) is 90.2 cm³/mol. The molecule has 1 saturated heterocycles. The summed E-state index contributed by atoms with van der Waals surface area (Å²) in [7, 11) is 0. The molecule has 1 N–H and O–H groups in total. The van der Waals surface area contributed by atoms with Gasteiger partial charge in [-0.1, -0.05) is 18.2 Å². The summed E-state index contributed by atoms with van der Waals surface area (Å²) < 4.78 is 19.2. The normalized spacial score (nSPS) is 19.8. The van der Waals surface area contributed by atoms with Gasteiger partial charge in [-0.15, -0.1) is 0 Å². The summed E-state index contributed by atoms with van der Waals surface area (Å²) in [4.78, 5) is 16.7. The third-order valence-corrected chi connectivity index (χ3v) is 4.55. The Labute approximate surface area is 142 Å². The first-order chi connectivity index (χ1) is 11.6. The molecule has 1 heterocycles. The van der Waals surface area contributed by atoms with Crippen LogP contribution in [0.25, 0.3) is 0 Å². The summed E-state index contributed by atoms with van der Waals surface area (Å²) in [6, 6.07) is 6.86. The highest BCUT2D eigenvalue weighted by atomic mass is 19.1. The summed E-state index contributed by atoms with van der Waals surface area (Å²) in [6.45, 7) is 6.47. The van der Waals surface area contributed by atoms with Crippen molar-refractivity contribution in [2.24, 2.45) is 0 Å². The minimum Gasteiger partial charge on any atom is -0.379 e. The Morgan fingerprint density at radius 1 is 1.38 bits per heavy atom. The van der Waals surface area contributed by atoms with E-state index < -0.39 is 0 Å². The number of morpholine rings is 1. The van der Waals surface area contributed by atoms with Crippen molar-refractivity contribution in [3.05, 3.63) is 35.6 Å². The van der Waals surface area contributed by atoms with E-state index in [4.69, 9.17) is 4.74 Å². The lowest BCUT2D eigenvalue weighted by atomic mass is 10.2. The zero-order chi connectivity index (χ0) is 16.9. The van der Waals surface area contributed by atoms with Crippen LogP contribution in [0.15, 0.2) is 24.3 Å². The first-order valence-electron chi connectivity index (χ1n) is 8.74. The highest BCUT2D eigenvalue weighted by Crippen LogP contribution is 2.28. The van der Waals surface area contributed by atoms with Gasteiger partial charge in [-0.25, -0.2) is 9.18 Å². The van der Waals surface area contributed by atoms with Crippen molar-refractivity contribution in [1.82, 2.24) is 15.1 Å². The number of amides is 2. The molecule has 0 spiro atoms. The third kappa shape index (κ3) is 4.68. The minimum absolute atomic E-state index is 0.0532. The molecule has 132 valence electrons. The highest BCUT2D eigenvalue weighted by Gasteiger charge is 2.33. The summed E-state index contributed by atoms with van der Waals surface area (Å²) in [5.74, 6) is -0.252. The van der Waals surface area contributed by atoms with E-state index in [2.05, 4.69) is 10.2 Å². The topological polar surface area (TPSA) is 44.8 Å². The molecule has 2 aliphatic rings. The van der Waals surface area contributed by atoms with Gasteiger partial charge >= 0.3 is 6.03 Å².